The van der Waals surface area contributed by atoms with Gasteiger partial charge in [0.05, 0.1) is 6.04 Å². The second-order valence-corrected chi connectivity index (χ2v) is 7.27. The summed E-state index contributed by atoms with van der Waals surface area (Å²) in [6.07, 6.45) is 1.51. The fourth-order valence-electron chi connectivity index (χ4n) is 2.93. The first-order chi connectivity index (χ1) is 10.3. The van der Waals surface area contributed by atoms with E-state index >= 15 is 0 Å². The van der Waals surface area contributed by atoms with Gasteiger partial charge in [0.2, 0.25) is 0 Å². The minimum absolute atomic E-state index is 0.0805. The molecule has 1 amide bonds. The van der Waals surface area contributed by atoms with Crippen LogP contribution < -0.4 is 5.32 Å². The number of nitrogens with one attached hydrogen (secondary N) is 1. The molecule has 1 aromatic carbocycles. The normalized spacial score (nSPS) is 18.1. The quantitative estimate of drug-likeness (QED) is 0.858. The number of nitrogens with zero attached hydrogens (tertiary/aromatic N) is 1. The molecule has 0 unspecified atom stereocenters. The van der Waals surface area contributed by atoms with Gasteiger partial charge in [0, 0.05) is 22.8 Å². The van der Waals surface area contributed by atoms with Gasteiger partial charge >= 0.3 is 6.09 Å². The zero-order valence-corrected chi connectivity index (χ0v) is 13.9. The van der Waals surface area contributed by atoms with Crippen molar-refractivity contribution in [2.45, 2.75) is 51.8 Å². The fraction of sp³-hybridized carbons (Fsp3) is 0.471. The first-order valence-corrected chi connectivity index (χ1v) is 7.97. The van der Waals surface area contributed by atoms with E-state index in [9.17, 15) is 4.79 Å². The lowest BCUT2D eigenvalue weighted by Crippen LogP contribution is -2.43. The van der Waals surface area contributed by atoms with Crippen LogP contribution in [0, 0.1) is 0 Å². The summed E-state index contributed by atoms with van der Waals surface area (Å²) in [6.45, 7) is 6.35. The largest absolute Gasteiger partial charge is 0.444 e. The van der Waals surface area contributed by atoms with Crippen LogP contribution in [0.25, 0.3) is 10.9 Å². The van der Waals surface area contributed by atoms with Gasteiger partial charge in [-0.2, -0.15) is 0 Å². The summed E-state index contributed by atoms with van der Waals surface area (Å²) >= 11 is 6.11. The number of aryl methyl sites for hydroxylation is 1. The maximum absolute atomic E-state index is 11.9. The third-order valence-corrected chi connectivity index (χ3v) is 4.06. The smallest absolute Gasteiger partial charge is 0.407 e. The van der Waals surface area contributed by atoms with Crippen molar-refractivity contribution in [2.75, 3.05) is 0 Å². The summed E-state index contributed by atoms with van der Waals surface area (Å²) in [5.41, 5.74) is 1.94. The van der Waals surface area contributed by atoms with Gasteiger partial charge in [-0.3, -0.25) is 0 Å². The van der Waals surface area contributed by atoms with Gasteiger partial charge in [-0.15, -0.1) is 0 Å². The Morgan fingerprint density at radius 2 is 2.14 bits per heavy atom. The Hall–Kier alpha value is -1.68. The van der Waals surface area contributed by atoms with E-state index in [1.54, 1.807) is 0 Å². The molecule has 0 saturated heterocycles. The summed E-state index contributed by atoms with van der Waals surface area (Å²) in [5, 5.41) is 4.89. The molecule has 5 heteroatoms. The third-order valence-electron chi connectivity index (χ3n) is 3.82. The van der Waals surface area contributed by atoms with Crippen molar-refractivity contribution < 1.29 is 9.53 Å². The number of aromatic nitrogens is 1. The lowest BCUT2D eigenvalue weighted by atomic mass is 10.1. The second kappa shape index (κ2) is 5.51. The first-order valence-electron chi connectivity index (χ1n) is 7.59. The molecule has 4 nitrogen and oxygen atoms in total. The summed E-state index contributed by atoms with van der Waals surface area (Å²) in [4.78, 5) is 11.9. The number of fused-ring (bicyclic) bond motifs is 3. The van der Waals surface area contributed by atoms with Gasteiger partial charge in [0.1, 0.15) is 5.60 Å². The number of ether oxygens (including phenoxy) is 1. The lowest BCUT2D eigenvalue weighted by molar-refractivity contribution is 0.0493. The van der Waals surface area contributed by atoms with Gasteiger partial charge in [-0.25, -0.2) is 4.79 Å². The number of hydrogen-bond donors (Lipinski definition) is 1. The van der Waals surface area contributed by atoms with E-state index in [0.29, 0.717) is 0 Å². The summed E-state index contributed by atoms with van der Waals surface area (Å²) in [6, 6.07) is 8.22. The molecule has 1 N–H and O–H groups in total. The molecular formula is C17H21ClN2O2. The number of alkyl carbamates (subject to hydrolysis) is 1. The van der Waals surface area contributed by atoms with Crippen LogP contribution >= 0.6 is 11.6 Å². The Balaban J connectivity index is 1.77. The van der Waals surface area contributed by atoms with Crippen LogP contribution in [-0.2, 0) is 17.7 Å². The van der Waals surface area contributed by atoms with Crippen LogP contribution in [0.5, 0.6) is 0 Å². The third kappa shape index (κ3) is 3.22. The summed E-state index contributed by atoms with van der Waals surface area (Å²) in [7, 11) is 0. The maximum atomic E-state index is 11.9. The molecular weight excluding hydrogens is 300 g/mol. The SMILES string of the molecule is CC(C)(C)OC(=O)N[C@@H]1CCc2cc3ccc(Cl)cc3n2C1. The molecule has 0 spiro atoms. The maximum Gasteiger partial charge on any atom is 0.407 e. The van der Waals surface area contributed by atoms with Crippen LogP contribution in [0.4, 0.5) is 4.79 Å². The average Bonchev–Trinajstić information content (AvgIpc) is 2.74. The number of carbonyl (C=O) groups excluding carboxylic acids is 1. The zero-order chi connectivity index (χ0) is 15.9. The first kappa shape index (κ1) is 15.2. The number of hydrogen-bond acceptors (Lipinski definition) is 2. The highest BCUT2D eigenvalue weighted by Gasteiger charge is 2.24. The molecule has 1 aliphatic rings. The van der Waals surface area contributed by atoms with E-state index in [1.165, 1.54) is 11.1 Å². The van der Waals surface area contributed by atoms with Crippen LogP contribution in [0.15, 0.2) is 24.3 Å². The van der Waals surface area contributed by atoms with Crippen LogP contribution in [0.1, 0.15) is 32.9 Å². The summed E-state index contributed by atoms with van der Waals surface area (Å²) < 4.78 is 7.58. The molecule has 0 aliphatic carbocycles. The van der Waals surface area contributed by atoms with Gasteiger partial charge in [0.25, 0.3) is 0 Å². The molecule has 1 atom stereocenters. The molecule has 1 aromatic heterocycles. The van der Waals surface area contributed by atoms with Crippen molar-refractivity contribution in [3.63, 3.8) is 0 Å². The van der Waals surface area contributed by atoms with E-state index in [0.717, 1.165) is 29.9 Å². The standard InChI is InChI=1S/C17H21ClN2O2/c1-17(2,3)22-16(21)19-13-6-7-14-8-11-4-5-12(18)9-15(11)20(14)10-13/h4-5,8-9,13H,6-7,10H2,1-3H3,(H,19,21)/t13-/m1/s1. The Labute approximate surface area is 135 Å². The molecule has 3 rings (SSSR count). The Morgan fingerprint density at radius 3 is 2.86 bits per heavy atom. The highest BCUT2D eigenvalue weighted by molar-refractivity contribution is 6.31. The van der Waals surface area contributed by atoms with Crippen LogP contribution in [-0.4, -0.2) is 22.3 Å². The van der Waals surface area contributed by atoms with Crippen molar-refractivity contribution in [1.82, 2.24) is 9.88 Å². The van der Waals surface area contributed by atoms with E-state index in [-0.39, 0.29) is 12.1 Å². The molecule has 0 radical (unpaired) electrons. The van der Waals surface area contributed by atoms with Gasteiger partial charge in [0.15, 0.2) is 0 Å². The fourth-order valence-corrected chi connectivity index (χ4v) is 3.10. The molecule has 118 valence electrons. The molecule has 22 heavy (non-hydrogen) atoms. The molecule has 0 bridgehead atoms. The lowest BCUT2D eigenvalue weighted by Gasteiger charge is -2.28. The van der Waals surface area contributed by atoms with Gasteiger partial charge in [-0.1, -0.05) is 17.7 Å². The minimum atomic E-state index is -0.475. The molecule has 0 fully saturated rings. The van der Waals surface area contributed by atoms with Crippen molar-refractivity contribution in [3.05, 3.63) is 35.0 Å². The second-order valence-electron chi connectivity index (χ2n) is 6.83. The number of benzene rings is 1. The van der Waals surface area contributed by atoms with Crippen molar-refractivity contribution >= 4 is 28.6 Å². The van der Waals surface area contributed by atoms with Crippen LogP contribution in [0.3, 0.4) is 0 Å². The predicted molar refractivity (Wildman–Crippen MR) is 88.4 cm³/mol. The molecule has 2 aromatic rings. The molecule has 2 heterocycles. The van der Waals surface area contributed by atoms with Gasteiger partial charge in [-0.05, 0) is 57.2 Å². The topological polar surface area (TPSA) is 43.3 Å². The van der Waals surface area contributed by atoms with Crippen molar-refractivity contribution in [3.8, 4) is 0 Å². The minimum Gasteiger partial charge on any atom is -0.444 e. The number of rotatable bonds is 1. The number of halogens is 1. The Morgan fingerprint density at radius 1 is 1.36 bits per heavy atom. The average molecular weight is 321 g/mol. The van der Waals surface area contributed by atoms with Crippen molar-refractivity contribution in [1.29, 1.82) is 0 Å². The van der Waals surface area contributed by atoms with Crippen molar-refractivity contribution in [2.24, 2.45) is 0 Å². The summed E-state index contributed by atoms with van der Waals surface area (Å²) in [5.74, 6) is 0. The molecule has 1 aliphatic heterocycles. The van der Waals surface area contributed by atoms with E-state index in [1.807, 2.05) is 39.0 Å². The predicted octanol–water partition coefficient (Wildman–Crippen LogP) is 4.13. The highest BCUT2D eigenvalue weighted by Crippen LogP contribution is 2.27. The Kier molecular flexibility index (Phi) is 3.81. The number of amides is 1. The highest BCUT2D eigenvalue weighted by atomic mass is 35.5. The van der Waals surface area contributed by atoms with E-state index < -0.39 is 5.60 Å². The zero-order valence-electron chi connectivity index (χ0n) is 13.1. The van der Waals surface area contributed by atoms with E-state index in [4.69, 9.17) is 16.3 Å². The van der Waals surface area contributed by atoms with Crippen LogP contribution in [0.2, 0.25) is 5.02 Å². The Bertz CT molecular complexity index is 715. The molecule has 0 saturated carbocycles. The van der Waals surface area contributed by atoms with Gasteiger partial charge < -0.3 is 14.6 Å². The monoisotopic (exact) mass is 320 g/mol. The number of carbonyl (C=O) groups is 1. The van der Waals surface area contributed by atoms with E-state index in [2.05, 4.69) is 16.0 Å².